The number of hydrogen-bond donors (Lipinski definition) is 0. The van der Waals surface area contributed by atoms with Crippen LogP contribution in [0.15, 0.2) is 0 Å². The Morgan fingerprint density at radius 3 is 2.33 bits per heavy atom. The second-order valence-electron chi connectivity index (χ2n) is 5.52. The molecule has 0 bridgehead atoms. The average Bonchev–Trinajstić information content (AvgIpc) is 2.72. The minimum absolute atomic E-state index is 0.0645. The van der Waals surface area contributed by atoms with E-state index in [1.54, 1.807) is 0 Å². The summed E-state index contributed by atoms with van der Waals surface area (Å²) in [7, 11) is -2.96. The largest absolute Gasteiger partial charge is 0.340 e. The van der Waals surface area contributed by atoms with E-state index in [2.05, 4.69) is 0 Å². The minimum atomic E-state index is -2.96. The maximum atomic E-state index is 12.4. The smallest absolute Gasteiger partial charge is 0.226 e. The molecule has 1 amide bonds. The molecule has 1 aliphatic carbocycles. The first-order chi connectivity index (χ1) is 8.53. The zero-order valence-corrected chi connectivity index (χ0v) is 11.9. The maximum Gasteiger partial charge on any atom is 0.226 e. The van der Waals surface area contributed by atoms with E-state index >= 15 is 0 Å². The van der Waals surface area contributed by atoms with Gasteiger partial charge in [0.2, 0.25) is 5.91 Å². The number of sulfone groups is 1. The number of rotatable bonds is 3. The molecule has 2 aliphatic rings. The highest BCUT2D eigenvalue weighted by Gasteiger charge is 2.37. The van der Waals surface area contributed by atoms with Crippen LogP contribution in [-0.2, 0) is 14.6 Å². The zero-order chi connectivity index (χ0) is 13.2. The van der Waals surface area contributed by atoms with Gasteiger partial charge in [-0.1, -0.05) is 19.3 Å². The summed E-state index contributed by atoms with van der Waals surface area (Å²) in [4.78, 5) is 14.4. The summed E-state index contributed by atoms with van der Waals surface area (Å²) in [6, 6.07) is 0.347. The molecule has 1 saturated heterocycles. The molecular formula is C13H23NO3S. The van der Waals surface area contributed by atoms with Gasteiger partial charge in [0.05, 0.1) is 17.4 Å². The standard InChI is InChI=1S/C13H23NO3S/c1-2-14(12-6-4-3-5-7-12)13(15)11-8-9-18(16,17)10-11/h11-12H,2-10H2,1H3/t11-/m1/s1. The van der Waals surface area contributed by atoms with Crippen molar-refractivity contribution in [2.75, 3.05) is 18.1 Å². The van der Waals surface area contributed by atoms with Gasteiger partial charge in [0.1, 0.15) is 0 Å². The van der Waals surface area contributed by atoms with Gasteiger partial charge in [-0.25, -0.2) is 8.42 Å². The van der Waals surface area contributed by atoms with Gasteiger partial charge in [0.25, 0.3) is 0 Å². The molecule has 2 rings (SSSR count). The Morgan fingerprint density at radius 2 is 1.83 bits per heavy atom. The Bertz CT molecular complexity index is 398. The van der Waals surface area contributed by atoms with Gasteiger partial charge in [-0.05, 0) is 26.2 Å². The van der Waals surface area contributed by atoms with E-state index in [0.29, 0.717) is 19.0 Å². The van der Waals surface area contributed by atoms with Crippen molar-refractivity contribution >= 4 is 15.7 Å². The van der Waals surface area contributed by atoms with Crippen LogP contribution in [0.1, 0.15) is 45.4 Å². The molecule has 0 N–H and O–H groups in total. The van der Waals surface area contributed by atoms with Crippen molar-refractivity contribution in [3.63, 3.8) is 0 Å². The van der Waals surface area contributed by atoms with Crippen LogP contribution in [0.2, 0.25) is 0 Å². The first-order valence-corrected chi connectivity index (χ1v) is 8.86. The van der Waals surface area contributed by atoms with E-state index < -0.39 is 9.84 Å². The van der Waals surface area contributed by atoms with Crippen LogP contribution >= 0.6 is 0 Å². The quantitative estimate of drug-likeness (QED) is 0.785. The van der Waals surface area contributed by atoms with Crippen LogP contribution < -0.4 is 0 Å². The average molecular weight is 273 g/mol. The van der Waals surface area contributed by atoms with Crippen LogP contribution in [0.25, 0.3) is 0 Å². The van der Waals surface area contributed by atoms with E-state index in [1.165, 1.54) is 19.3 Å². The highest BCUT2D eigenvalue weighted by Crippen LogP contribution is 2.27. The Labute approximate surface area is 110 Å². The van der Waals surface area contributed by atoms with E-state index in [1.807, 2.05) is 11.8 Å². The van der Waals surface area contributed by atoms with Crippen LogP contribution in [0.4, 0.5) is 0 Å². The second kappa shape index (κ2) is 5.59. The number of carbonyl (C=O) groups excluding carboxylic acids is 1. The molecular weight excluding hydrogens is 250 g/mol. The third-order valence-corrected chi connectivity index (χ3v) is 5.99. The highest BCUT2D eigenvalue weighted by atomic mass is 32.2. The van der Waals surface area contributed by atoms with Crippen molar-refractivity contribution in [2.45, 2.75) is 51.5 Å². The lowest BCUT2D eigenvalue weighted by Gasteiger charge is -2.35. The molecule has 2 fully saturated rings. The van der Waals surface area contributed by atoms with Crippen molar-refractivity contribution in [3.8, 4) is 0 Å². The summed E-state index contributed by atoms with van der Waals surface area (Å²) in [6.45, 7) is 2.70. The molecule has 104 valence electrons. The molecule has 0 aromatic rings. The number of hydrogen-bond acceptors (Lipinski definition) is 3. The monoisotopic (exact) mass is 273 g/mol. The molecule has 0 aromatic carbocycles. The fourth-order valence-electron chi connectivity index (χ4n) is 3.21. The van der Waals surface area contributed by atoms with E-state index in [0.717, 1.165) is 12.8 Å². The predicted octanol–water partition coefficient (Wildman–Crippen LogP) is 1.60. The van der Waals surface area contributed by atoms with Gasteiger partial charge in [-0.2, -0.15) is 0 Å². The molecule has 18 heavy (non-hydrogen) atoms. The topological polar surface area (TPSA) is 54.5 Å². The molecule has 1 aliphatic heterocycles. The normalized spacial score (nSPS) is 28.2. The summed E-state index contributed by atoms with van der Waals surface area (Å²) in [5.74, 6) is 0.0445. The van der Waals surface area contributed by atoms with Gasteiger partial charge in [0.15, 0.2) is 9.84 Å². The van der Waals surface area contributed by atoms with Gasteiger partial charge >= 0.3 is 0 Å². The zero-order valence-electron chi connectivity index (χ0n) is 11.1. The molecule has 4 nitrogen and oxygen atoms in total. The molecule has 0 unspecified atom stereocenters. The van der Waals surface area contributed by atoms with Crippen molar-refractivity contribution in [3.05, 3.63) is 0 Å². The predicted molar refractivity (Wildman–Crippen MR) is 71.0 cm³/mol. The van der Waals surface area contributed by atoms with Crippen molar-refractivity contribution in [1.29, 1.82) is 0 Å². The molecule has 0 radical (unpaired) electrons. The Morgan fingerprint density at radius 1 is 1.17 bits per heavy atom. The highest BCUT2D eigenvalue weighted by molar-refractivity contribution is 7.91. The lowest BCUT2D eigenvalue weighted by Crippen LogP contribution is -2.44. The minimum Gasteiger partial charge on any atom is -0.340 e. The Hall–Kier alpha value is -0.580. The maximum absolute atomic E-state index is 12.4. The number of amides is 1. The fraction of sp³-hybridized carbons (Fsp3) is 0.923. The van der Waals surface area contributed by atoms with Crippen molar-refractivity contribution in [1.82, 2.24) is 4.90 Å². The van der Waals surface area contributed by atoms with Crippen LogP contribution in [0.5, 0.6) is 0 Å². The van der Waals surface area contributed by atoms with Gasteiger partial charge in [0, 0.05) is 12.6 Å². The van der Waals surface area contributed by atoms with Gasteiger partial charge < -0.3 is 4.90 Å². The number of nitrogens with zero attached hydrogens (tertiary/aromatic N) is 1. The summed E-state index contributed by atoms with van der Waals surface area (Å²) in [5, 5.41) is 0. The number of carbonyl (C=O) groups is 1. The lowest BCUT2D eigenvalue weighted by molar-refractivity contribution is -0.137. The van der Waals surface area contributed by atoms with Crippen molar-refractivity contribution in [2.24, 2.45) is 5.92 Å². The lowest BCUT2D eigenvalue weighted by atomic mass is 9.93. The molecule has 0 spiro atoms. The van der Waals surface area contributed by atoms with Crippen LogP contribution in [0.3, 0.4) is 0 Å². The first-order valence-electron chi connectivity index (χ1n) is 7.04. The molecule has 5 heteroatoms. The fourth-order valence-corrected chi connectivity index (χ4v) is 4.94. The van der Waals surface area contributed by atoms with E-state index in [9.17, 15) is 13.2 Å². The van der Waals surface area contributed by atoms with E-state index in [4.69, 9.17) is 0 Å². The van der Waals surface area contributed by atoms with Gasteiger partial charge in [-0.15, -0.1) is 0 Å². The third-order valence-electron chi connectivity index (χ3n) is 4.22. The summed E-state index contributed by atoms with van der Waals surface area (Å²) < 4.78 is 22.9. The molecule has 1 heterocycles. The van der Waals surface area contributed by atoms with Crippen LogP contribution in [0, 0.1) is 5.92 Å². The third kappa shape index (κ3) is 3.05. The van der Waals surface area contributed by atoms with Gasteiger partial charge in [-0.3, -0.25) is 4.79 Å². The molecule has 1 atom stereocenters. The Kier molecular flexibility index (Phi) is 4.30. The summed E-state index contributed by atoms with van der Waals surface area (Å²) in [6.07, 6.45) is 6.33. The van der Waals surface area contributed by atoms with Crippen molar-refractivity contribution < 1.29 is 13.2 Å². The molecule has 0 aromatic heterocycles. The molecule has 1 saturated carbocycles. The summed E-state index contributed by atoms with van der Waals surface area (Å²) in [5.41, 5.74) is 0. The SMILES string of the molecule is CCN(C(=O)[C@@H]1CCS(=O)(=O)C1)C1CCCCC1. The van der Waals surface area contributed by atoms with E-state index in [-0.39, 0.29) is 23.3 Å². The first kappa shape index (κ1) is 13.8. The van der Waals surface area contributed by atoms with Crippen LogP contribution in [-0.4, -0.2) is 43.3 Å². The second-order valence-corrected chi connectivity index (χ2v) is 7.74. The Balaban J connectivity index is 2.01. The summed E-state index contributed by atoms with van der Waals surface area (Å²) >= 11 is 0.